The Hall–Kier alpha value is -1.59. The Balaban J connectivity index is 2.55. The third kappa shape index (κ3) is 6.60. The smallest absolute Gasteiger partial charge is 0.243 e. The molecule has 0 spiro atoms. The highest BCUT2D eigenvalue weighted by molar-refractivity contribution is 6.30. The molecule has 0 saturated heterocycles. The maximum Gasteiger partial charge on any atom is 0.243 e. The second-order valence-corrected chi connectivity index (χ2v) is 5.16. The van der Waals surface area contributed by atoms with Crippen molar-refractivity contribution in [1.29, 1.82) is 0 Å². The summed E-state index contributed by atoms with van der Waals surface area (Å²) in [5, 5.41) is 6.31. The lowest BCUT2D eigenvalue weighted by molar-refractivity contribution is -0.134. The minimum atomic E-state index is -0.205. The highest BCUT2D eigenvalue weighted by atomic mass is 35.5. The molecule has 6 heteroatoms. The van der Waals surface area contributed by atoms with E-state index < -0.39 is 0 Å². The molecule has 0 aliphatic carbocycles. The molecule has 0 atom stereocenters. The second kappa shape index (κ2) is 9.37. The van der Waals surface area contributed by atoms with Crippen LogP contribution in [0.15, 0.2) is 24.3 Å². The van der Waals surface area contributed by atoms with Crippen LogP contribution in [0.5, 0.6) is 0 Å². The van der Waals surface area contributed by atoms with Crippen LogP contribution in [0.3, 0.4) is 0 Å². The lowest BCUT2D eigenvalue weighted by Gasteiger charge is -2.21. The van der Waals surface area contributed by atoms with Crippen molar-refractivity contribution in [3.63, 3.8) is 0 Å². The molecule has 0 aliphatic rings. The van der Waals surface area contributed by atoms with Crippen molar-refractivity contribution < 1.29 is 9.59 Å². The molecule has 2 amide bonds. The second-order valence-electron chi connectivity index (χ2n) is 4.72. The fraction of sp³-hybridized carbons (Fsp3) is 0.467. The van der Waals surface area contributed by atoms with Gasteiger partial charge < -0.3 is 15.5 Å². The first kappa shape index (κ1) is 17.5. The fourth-order valence-corrected chi connectivity index (χ4v) is 1.98. The Labute approximate surface area is 130 Å². The average molecular weight is 312 g/mol. The fourth-order valence-electron chi connectivity index (χ4n) is 1.86. The van der Waals surface area contributed by atoms with Gasteiger partial charge in [0.1, 0.15) is 0 Å². The lowest BCUT2D eigenvalue weighted by Crippen LogP contribution is -2.39. The molecule has 2 N–H and O–H groups in total. The normalized spacial score (nSPS) is 10.2. The predicted molar refractivity (Wildman–Crippen MR) is 85.5 cm³/mol. The molecule has 1 aromatic rings. The molecule has 0 aliphatic heterocycles. The first-order chi connectivity index (χ1) is 10.1. The van der Waals surface area contributed by atoms with Crippen LogP contribution in [0, 0.1) is 0 Å². The summed E-state index contributed by atoms with van der Waals surface area (Å²) >= 11 is 5.79. The summed E-state index contributed by atoms with van der Waals surface area (Å²) in [6, 6.07) is 6.87. The zero-order valence-corrected chi connectivity index (χ0v) is 13.2. The molecule has 5 nitrogen and oxygen atoms in total. The third-order valence-corrected chi connectivity index (χ3v) is 3.15. The van der Waals surface area contributed by atoms with Crippen molar-refractivity contribution in [1.82, 2.24) is 10.2 Å². The first-order valence-electron chi connectivity index (χ1n) is 7.04. The van der Waals surface area contributed by atoms with Crippen LogP contribution in [0.1, 0.15) is 19.8 Å². The third-order valence-electron chi connectivity index (χ3n) is 2.90. The summed E-state index contributed by atoms with van der Waals surface area (Å²) in [4.78, 5) is 25.6. The minimum Gasteiger partial charge on any atom is -0.333 e. The number of amides is 2. The number of anilines is 1. The Bertz CT molecular complexity index is 462. The van der Waals surface area contributed by atoms with Gasteiger partial charge in [-0.25, -0.2) is 0 Å². The van der Waals surface area contributed by atoms with Crippen molar-refractivity contribution in [3.05, 3.63) is 29.3 Å². The van der Waals surface area contributed by atoms with Crippen molar-refractivity contribution in [3.8, 4) is 0 Å². The van der Waals surface area contributed by atoms with Gasteiger partial charge in [0.15, 0.2) is 0 Å². The highest BCUT2D eigenvalue weighted by Crippen LogP contribution is 2.13. The molecule has 0 fully saturated rings. The Morgan fingerprint density at radius 3 is 2.48 bits per heavy atom. The van der Waals surface area contributed by atoms with Gasteiger partial charge in [-0.2, -0.15) is 0 Å². The number of halogens is 1. The van der Waals surface area contributed by atoms with Gasteiger partial charge >= 0.3 is 0 Å². The summed E-state index contributed by atoms with van der Waals surface area (Å²) in [5.74, 6) is -0.221. The maximum absolute atomic E-state index is 12.0. The largest absolute Gasteiger partial charge is 0.333 e. The molecule has 0 saturated carbocycles. The van der Waals surface area contributed by atoms with E-state index in [1.54, 1.807) is 36.2 Å². The molecule has 21 heavy (non-hydrogen) atoms. The Kier molecular flexibility index (Phi) is 7.79. The number of benzene rings is 1. The SMILES string of the molecule is CCCN(CC(=O)Nc1ccc(Cl)cc1)C(=O)CCNC. The van der Waals surface area contributed by atoms with Gasteiger partial charge in [-0.15, -0.1) is 0 Å². The van der Waals surface area contributed by atoms with Crippen molar-refractivity contribution >= 4 is 29.1 Å². The minimum absolute atomic E-state index is 0.0162. The van der Waals surface area contributed by atoms with Crippen LogP contribution in [-0.2, 0) is 9.59 Å². The molecular weight excluding hydrogens is 290 g/mol. The number of carbonyl (C=O) groups is 2. The van der Waals surface area contributed by atoms with Crippen LogP contribution in [0.2, 0.25) is 5.02 Å². The summed E-state index contributed by atoms with van der Waals surface area (Å²) in [6.07, 6.45) is 1.21. The van der Waals surface area contributed by atoms with E-state index in [1.807, 2.05) is 6.92 Å². The molecule has 1 rings (SSSR count). The van der Waals surface area contributed by atoms with E-state index in [0.717, 1.165) is 6.42 Å². The summed E-state index contributed by atoms with van der Waals surface area (Å²) in [5.41, 5.74) is 0.670. The van der Waals surface area contributed by atoms with Crippen LogP contribution >= 0.6 is 11.6 Å². The van der Waals surface area contributed by atoms with Gasteiger partial charge in [0.25, 0.3) is 0 Å². The zero-order valence-electron chi connectivity index (χ0n) is 12.5. The summed E-state index contributed by atoms with van der Waals surface area (Å²) in [7, 11) is 1.80. The van der Waals surface area contributed by atoms with E-state index in [0.29, 0.717) is 30.2 Å². The van der Waals surface area contributed by atoms with E-state index in [2.05, 4.69) is 10.6 Å². The van der Waals surface area contributed by atoms with Crippen molar-refractivity contribution in [2.24, 2.45) is 0 Å². The quantitative estimate of drug-likeness (QED) is 0.773. The van der Waals surface area contributed by atoms with Crippen molar-refractivity contribution in [2.45, 2.75) is 19.8 Å². The van der Waals surface area contributed by atoms with Crippen LogP contribution in [0.4, 0.5) is 5.69 Å². The molecule has 0 aromatic heterocycles. The number of hydrogen-bond donors (Lipinski definition) is 2. The lowest BCUT2D eigenvalue weighted by atomic mass is 10.3. The van der Waals surface area contributed by atoms with E-state index in [4.69, 9.17) is 11.6 Å². The molecular formula is C15H22ClN3O2. The van der Waals surface area contributed by atoms with E-state index in [-0.39, 0.29) is 18.4 Å². The number of hydrogen-bond acceptors (Lipinski definition) is 3. The van der Waals surface area contributed by atoms with Gasteiger partial charge in [0.2, 0.25) is 11.8 Å². The molecule has 116 valence electrons. The van der Waals surface area contributed by atoms with Gasteiger partial charge in [-0.05, 0) is 37.7 Å². The van der Waals surface area contributed by atoms with Gasteiger partial charge in [0.05, 0.1) is 6.54 Å². The predicted octanol–water partition coefficient (Wildman–Crippen LogP) is 2.13. The van der Waals surface area contributed by atoms with E-state index in [1.165, 1.54) is 0 Å². The molecule has 1 aromatic carbocycles. The number of nitrogens with zero attached hydrogens (tertiary/aromatic N) is 1. The monoisotopic (exact) mass is 311 g/mol. The Morgan fingerprint density at radius 1 is 1.24 bits per heavy atom. The summed E-state index contributed by atoms with van der Waals surface area (Å²) < 4.78 is 0. The number of nitrogens with one attached hydrogen (secondary N) is 2. The molecule has 0 bridgehead atoms. The number of carbonyl (C=O) groups excluding carboxylic acids is 2. The molecule has 0 heterocycles. The van der Waals surface area contributed by atoms with Gasteiger partial charge in [0, 0.05) is 30.2 Å². The average Bonchev–Trinajstić information content (AvgIpc) is 2.46. The Morgan fingerprint density at radius 2 is 1.90 bits per heavy atom. The van der Waals surface area contributed by atoms with Crippen LogP contribution in [0.25, 0.3) is 0 Å². The van der Waals surface area contributed by atoms with E-state index in [9.17, 15) is 9.59 Å². The standard InChI is InChI=1S/C15H22ClN3O2/c1-3-10-19(15(21)8-9-17-2)11-14(20)18-13-6-4-12(16)5-7-13/h4-7,17H,3,8-11H2,1-2H3,(H,18,20). The van der Waals surface area contributed by atoms with Crippen LogP contribution < -0.4 is 10.6 Å². The number of rotatable bonds is 8. The van der Waals surface area contributed by atoms with Crippen LogP contribution in [-0.4, -0.2) is 43.4 Å². The topological polar surface area (TPSA) is 61.4 Å². The van der Waals surface area contributed by atoms with E-state index >= 15 is 0 Å². The van der Waals surface area contributed by atoms with Gasteiger partial charge in [-0.1, -0.05) is 18.5 Å². The summed E-state index contributed by atoms with van der Waals surface area (Å²) in [6.45, 7) is 3.24. The highest BCUT2D eigenvalue weighted by Gasteiger charge is 2.15. The zero-order chi connectivity index (χ0) is 15.7. The molecule has 0 radical (unpaired) electrons. The first-order valence-corrected chi connectivity index (χ1v) is 7.42. The van der Waals surface area contributed by atoms with Gasteiger partial charge in [-0.3, -0.25) is 9.59 Å². The van der Waals surface area contributed by atoms with Crippen molar-refractivity contribution in [2.75, 3.05) is 32.0 Å². The molecule has 0 unspecified atom stereocenters. The maximum atomic E-state index is 12.0.